The lowest BCUT2D eigenvalue weighted by Gasteiger charge is -2.19. The van der Waals surface area contributed by atoms with E-state index < -0.39 is 0 Å². The predicted octanol–water partition coefficient (Wildman–Crippen LogP) is 1.92. The van der Waals surface area contributed by atoms with E-state index >= 15 is 0 Å². The van der Waals surface area contributed by atoms with Gasteiger partial charge in [-0.2, -0.15) is 5.26 Å². The zero-order chi connectivity index (χ0) is 11.0. The summed E-state index contributed by atoms with van der Waals surface area (Å²) < 4.78 is 0. The SMILES string of the molecule is CC(C)N1Cc2ccc(C#N)cc2C1=O. The first-order valence-corrected chi connectivity index (χ1v) is 4.97. The van der Waals surface area contributed by atoms with Crippen LogP contribution in [0.15, 0.2) is 18.2 Å². The highest BCUT2D eigenvalue weighted by Crippen LogP contribution is 2.25. The molecule has 0 unspecified atom stereocenters. The molecule has 0 bridgehead atoms. The Labute approximate surface area is 88.9 Å². The first kappa shape index (κ1) is 9.72. The largest absolute Gasteiger partial charge is 0.332 e. The molecule has 0 radical (unpaired) electrons. The molecule has 0 saturated heterocycles. The molecule has 2 rings (SSSR count). The molecule has 1 aliphatic heterocycles. The fourth-order valence-corrected chi connectivity index (χ4v) is 1.81. The van der Waals surface area contributed by atoms with Gasteiger partial charge in [0.05, 0.1) is 11.6 Å². The minimum atomic E-state index is 0.0390. The first-order chi connectivity index (χ1) is 7.13. The molecule has 0 aliphatic carbocycles. The van der Waals surface area contributed by atoms with E-state index in [9.17, 15) is 4.79 Å². The van der Waals surface area contributed by atoms with Crippen LogP contribution >= 0.6 is 0 Å². The van der Waals surface area contributed by atoms with E-state index in [1.807, 2.05) is 24.8 Å². The second kappa shape index (κ2) is 3.39. The van der Waals surface area contributed by atoms with Crippen LogP contribution in [0.5, 0.6) is 0 Å². The van der Waals surface area contributed by atoms with Gasteiger partial charge in [0.1, 0.15) is 0 Å². The highest BCUT2D eigenvalue weighted by Gasteiger charge is 2.28. The van der Waals surface area contributed by atoms with E-state index in [1.54, 1.807) is 12.1 Å². The molecule has 15 heavy (non-hydrogen) atoms. The third-order valence-electron chi connectivity index (χ3n) is 2.69. The van der Waals surface area contributed by atoms with Gasteiger partial charge in [-0.1, -0.05) is 6.07 Å². The van der Waals surface area contributed by atoms with Gasteiger partial charge in [-0.25, -0.2) is 0 Å². The zero-order valence-corrected chi connectivity index (χ0v) is 8.82. The van der Waals surface area contributed by atoms with Gasteiger partial charge in [-0.3, -0.25) is 4.79 Å². The number of carbonyl (C=O) groups excluding carboxylic acids is 1. The smallest absolute Gasteiger partial charge is 0.254 e. The lowest BCUT2D eigenvalue weighted by Crippen LogP contribution is -2.30. The van der Waals surface area contributed by atoms with E-state index in [-0.39, 0.29) is 11.9 Å². The van der Waals surface area contributed by atoms with Gasteiger partial charge >= 0.3 is 0 Å². The third-order valence-corrected chi connectivity index (χ3v) is 2.69. The van der Waals surface area contributed by atoms with Crippen LogP contribution in [0.1, 0.15) is 35.3 Å². The Balaban J connectivity index is 2.43. The number of carbonyl (C=O) groups is 1. The van der Waals surface area contributed by atoms with Gasteiger partial charge < -0.3 is 4.90 Å². The molecule has 1 amide bonds. The van der Waals surface area contributed by atoms with E-state index in [1.165, 1.54) is 0 Å². The number of nitriles is 1. The molecule has 0 N–H and O–H groups in total. The summed E-state index contributed by atoms with van der Waals surface area (Å²) in [5.74, 6) is 0.0390. The summed E-state index contributed by atoms with van der Waals surface area (Å²) in [5, 5.41) is 8.76. The van der Waals surface area contributed by atoms with E-state index in [2.05, 4.69) is 6.07 Å². The van der Waals surface area contributed by atoms with E-state index in [0.717, 1.165) is 5.56 Å². The maximum Gasteiger partial charge on any atom is 0.254 e. The van der Waals surface area contributed by atoms with Crippen molar-refractivity contribution in [2.75, 3.05) is 0 Å². The molecule has 0 atom stereocenters. The average Bonchev–Trinajstić information content (AvgIpc) is 2.56. The topological polar surface area (TPSA) is 44.1 Å². The van der Waals surface area contributed by atoms with E-state index in [4.69, 9.17) is 5.26 Å². The average molecular weight is 200 g/mol. The Morgan fingerprint density at radius 2 is 2.20 bits per heavy atom. The summed E-state index contributed by atoms with van der Waals surface area (Å²) in [6, 6.07) is 7.56. The number of benzene rings is 1. The predicted molar refractivity (Wildman–Crippen MR) is 56.2 cm³/mol. The summed E-state index contributed by atoms with van der Waals surface area (Å²) in [6.07, 6.45) is 0. The van der Waals surface area contributed by atoms with Crippen LogP contribution in [0.3, 0.4) is 0 Å². The Morgan fingerprint density at radius 3 is 2.80 bits per heavy atom. The highest BCUT2D eigenvalue weighted by atomic mass is 16.2. The fourth-order valence-electron chi connectivity index (χ4n) is 1.81. The lowest BCUT2D eigenvalue weighted by molar-refractivity contribution is 0.0730. The molecule has 3 heteroatoms. The van der Waals surface area contributed by atoms with Crippen LogP contribution in [-0.2, 0) is 6.54 Å². The standard InChI is InChI=1S/C12H12N2O/c1-8(2)14-7-10-4-3-9(6-13)5-11(10)12(14)15/h3-5,8H,7H2,1-2H3. The molecular formula is C12H12N2O. The molecule has 0 spiro atoms. The number of nitrogens with zero attached hydrogens (tertiary/aromatic N) is 2. The molecule has 1 aliphatic rings. The van der Waals surface area contributed by atoms with Gasteiger partial charge in [0.25, 0.3) is 5.91 Å². The van der Waals surface area contributed by atoms with Gasteiger partial charge in [-0.15, -0.1) is 0 Å². The molecule has 1 aromatic rings. The molecule has 76 valence electrons. The monoisotopic (exact) mass is 200 g/mol. The van der Waals surface area contributed by atoms with Crippen molar-refractivity contribution in [1.82, 2.24) is 4.90 Å². The van der Waals surface area contributed by atoms with Crippen LogP contribution in [0.25, 0.3) is 0 Å². The molecule has 1 aromatic carbocycles. The molecular weight excluding hydrogens is 188 g/mol. The van der Waals surface area contributed by atoms with Crippen molar-refractivity contribution in [2.24, 2.45) is 0 Å². The van der Waals surface area contributed by atoms with Crippen molar-refractivity contribution in [3.63, 3.8) is 0 Å². The molecule has 0 fully saturated rings. The Morgan fingerprint density at radius 1 is 1.47 bits per heavy atom. The molecule has 1 heterocycles. The summed E-state index contributed by atoms with van der Waals surface area (Å²) >= 11 is 0. The van der Waals surface area contributed by atoms with Crippen molar-refractivity contribution in [3.8, 4) is 6.07 Å². The number of rotatable bonds is 1. The molecule has 0 aromatic heterocycles. The van der Waals surface area contributed by atoms with Crippen molar-refractivity contribution < 1.29 is 4.79 Å². The summed E-state index contributed by atoms with van der Waals surface area (Å²) in [5.41, 5.74) is 2.25. The summed E-state index contributed by atoms with van der Waals surface area (Å²) in [7, 11) is 0. The highest BCUT2D eigenvalue weighted by molar-refractivity contribution is 5.98. The second-order valence-corrected chi connectivity index (χ2v) is 4.01. The number of hydrogen-bond donors (Lipinski definition) is 0. The Hall–Kier alpha value is -1.82. The van der Waals surface area contributed by atoms with Crippen LogP contribution in [0, 0.1) is 11.3 Å². The van der Waals surface area contributed by atoms with E-state index in [0.29, 0.717) is 17.7 Å². The Bertz CT molecular complexity index is 457. The van der Waals surface area contributed by atoms with Crippen LogP contribution in [-0.4, -0.2) is 16.8 Å². The van der Waals surface area contributed by atoms with Gasteiger partial charge in [0, 0.05) is 18.2 Å². The normalized spacial score (nSPS) is 14.3. The maximum absolute atomic E-state index is 11.9. The van der Waals surface area contributed by atoms with Crippen LogP contribution in [0.4, 0.5) is 0 Å². The number of amides is 1. The quantitative estimate of drug-likeness (QED) is 0.695. The number of hydrogen-bond acceptors (Lipinski definition) is 2. The van der Waals surface area contributed by atoms with Gasteiger partial charge in [0.2, 0.25) is 0 Å². The van der Waals surface area contributed by atoms with Gasteiger partial charge in [0.15, 0.2) is 0 Å². The minimum absolute atomic E-state index is 0.0390. The van der Waals surface area contributed by atoms with Gasteiger partial charge in [-0.05, 0) is 31.5 Å². The Kier molecular flexibility index (Phi) is 2.20. The van der Waals surface area contributed by atoms with Crippen molar-refractivity contribution in [3.05, 3.63) is 34.9 Å². The second-order valence-electron chi connectivity index (χ2n) is 4.01. The summed E-state index contributed by atoms with van der Waals surface area (Å²) in [6.45, 7) is 4.65. The van der Waals surface area contributed by atoms with Crippen LogP contribution in [0.2, 0.25) is 0 Å². The summed E-state index contributed by atoms with van der Waals surface area (Å²) in [4.78, 5) is 13.7. The lowest BCUT2D eigenvalue weighted by atomic mass is 10.1. The molecule has 3 nitrogen and oxygen atoms in total. The maximum atomic E-state index is 11.9. The first-order valence-electron chi connectivity index (χ1n) is 4.97. The van der Waals surface area contributed by atoms with Crippen molar-refractivity contribution in [1.29, 1.82) is 5.26 Å². The third kappa shape index (κ3) is 1.48. The zero-order valence-electron chi connectivity index (χ0n) is 8.82. The van der Waals surface area contributed by atoms with Crippen molar-refractivity contribution in [2.45, 2.75) is 26.4 Å². The minimum Gasteiger partial charge on any atom is -0.332 e. The number of fused-ring (bicyclic) bond motifs is 1. The van der Waals surface area contributed by atoms with Crippen LogP contribution < -0.4 is 0 Å². The van der Waals surface area contributed by atoms with Crippen molar-refractivity contribution >= 4 is 5.91 Å². The fraction of sp³-hybridized carbons (Fsp3) is 0.333. The molecule has 0 saturated carbocycles.